The summed E-state index contributed by atoms with van der Waals surface area (Å²) in [6, 6.07) is 0. The fourth-order valence-corrected chi connectivity index (χ4v) is 1.85. The number of rotatable bonds is 3. The summed E-state index contributed by atoms with van der Waals surface area (Å²) in [6.45, 7) is 0. The third-order valence-electron chi connectivity index (χ3n) is 0.572. The van der Waals surface area contributed by atoms with Crippen LogP contribution in [0.5, 0.6) is 0 Å². The van der Waals surface area contributed by atoms with Crippen molar-refractivity contribution in [3.05, 3.63) is 0 Å². The van der Waals surface area contributed by atoms with E-state index < -0.39 is 0 Å². The molecule has 12 heavy (non-hydrogen) atoms. The second-order valence-corrected chi connectivity index (χ2v) is 5.00. The van der Waals surface area contributed by atoms with E-state index in [0.29, 0.717) is 8.64 Å². The van der Waals surface area contributed by atoms with Gasteiger partial charge < -0.3 is 11.5 Å². The van der Waals surface area contributed by atoms with Crippen molar-refractivity contribution in [1.29, 1.82) is 0 Å². The second kappa shape index (κ2) is 14.8. The van der Waals surface area contributed by atoms with Gasteiger partial charge in [0.2, 0.25) is 0 Å². The minimum atomic E-state index is 0. The standard InChI is InChI=1S/C4H8N2S4.2K.2H/c5-3(7)9-1-2-10-4(6)8;;;;/h1-2H2,(H2,5,7)(H2,6,8);;;;. The van der Waals surface area contributed by atoms with Crippen molar-refractivity contribution in [2.75, 3.05) is 11.5 Å². The Morgan fingerprint density at radius 1 is 0.917 bits per heavy atom. The molecule has 0 aromatic carbocycles. The van der Waals surface area contributed by atoms with Gasteiger partial charge in [-0.05, 0) is 0 Å². The number of nitrogens with two attached hydrogens (primary N) is 2. The van der Waals surface area contributed by atoms with Gasteiger partial charge in [-0.1, -0.05) is 48.0 Å². The molecule has 0 spiro atoms. The molecule has 0 heterocycles. The molecular weight excluding hydrogens is 283 g/mol. The van der Waals surface area contributed by atoms with Crippen LogP contribution in [0.3, 0.4) is 0 Å². The Hall–Kier alpha value is 3.75. The quantitative estimate of drug-likeness (QED) is 0.421. The first kappa shape index (κ1) is 21.1. The zero-order valence-corrected chi connectivity index (χ0v) is 8.47. The molecule has 0 radical (unpaired) electrons. The first-order valence-electron chi connectivity index (χ1n) is 2.47. The van der Waals surface area contributed by atoms with Crippen molar-refractivity contribution >= 4 is 159 Å². The summed E-state index contributed by atoms with van der Waals surface area (Å²) in [5.41, 5.74) is 10.5. The summed E-state index contributed by atoms with van der Waals surface area (Å²) in [5.74, 6) is 1.74. The normalized spacial score (nSPS) is 7.67. The molecule has 0 bridgehead atoms. The van der Waals surface area contributed by atoms with Crippen molar-refractivity contribution in [3.63, 3.8) is 0 Å². The SMILES string of the molecule is NC(=S)SCCSC(N)=S.[KH].[KH]. The minimum absolute atomic E-state index is 0. The Morgan fingerprint density at radius 3 is 1.33 bits per heavy atom. The van der Waals surface area contributed by atoms with E-state index in [4.69, 9.17) is 11.5 Å². The van der Waals surface area contributed by atoms with Crippen LogP contribution in [0.25, 0.3) is 0 Å². The van der Waals surface area contributed by atoms with Crippen LogP contribution in [0.1, 0.15) is 0 Å². The van der Waals surface area contributed by atoms with Crippen LogP contribution in [-0.2, 0) is 0 Å². The number of thiocarbonyl (C=S) groups is 2. The van der Waals surface area contributed by atoms with Crippen molar-refractivity contribution in [3.8, 4) is 0 Å². The molecule has 2 nitrogen and oxygen atoms in total. The third-order valence-corrected chi connectivity index (χ3v) is 2.92. The Morgan fingerprint density at radius 2 is 1.17 bits per heavy atom. The summed E-state index contributed by atoms with van der Waals surface area (Å²) >= 11 is 12.2. The summed E-state index contributed by atoms with van der Waals surface area (Å²) < 4.78 is 0.951. The van der Waals surface area contributed by atoms with Crippen molar-refractivity contribution in [1.82, 2.24) is 0 Å². The van der Waals surface area contributed by atoms with Crippen LogP contribution < -0.4 is 11.5 Å². The van der Waals surface area contributed by atoms with Crippen LogP contribution in [-0.4, -0.2) is 123 Å². The third kappa shape index (κ3) is 19.3. The molecule has 0 amide bonds. The number of hydrogen-bond acceptors (Lipinski definition) is 4. The summed E-state index contributed by atoms with van der Waals surface area (Å²) in [5, 5.41) is 0. The molecule has 0 atom stereocenters. The van der Waals surface area contributed by atoms with Crippen molar-refractivity contribution in [2.45, 2.75) is 0 Å². The zero-order valence-electron chi connectivity index (χ0n) is 5.20. The molecular formula is C4H10K2N2S4. The molecule has 0 aliphatic rings. The molecule has 0 fully saturated rings. The van der Waals surface area contributed by atoms with E-state index in [1.165, 1.54) is 23.5 Å². The van der Waals surface area contributed by atoms with E-state index in [1.54, 1.807) is 0 Å². The topological polar surface area (TPSA) is 52.0 Å². The van der Waals surface area contributed by atoms with E-state index in [9.17, 15) is 0 Å². The molecule has 0 unspecified atom stereocenters. The first-order chi connectivity index (χ1) is 4.63. The van der Waals surface area contributed by atoms with E-state index in [-0.39, 0.29) is 103 Å². The molecule has 0 saturated carbocycles. The van der Waals surface area contributed by atoms with Gasteiger partial charge in [0.25, 0.3) is 0 Å². The van der Waals surface area contributed by atoms with E-state index in [0.717, 1.165) is 11.5 Å². The zero-order chi connectivity index (χ0) is 7.98. The molecule has 4 N–H and O–H groups in total. The number of thioether (sulfide) groups is 2. The number of hydrogen-bond donors (Lipinski definition) is 2. The van der Waals surface area contributed by atoms with Gasteiger partial charge in [0.15, 0.2) is 0 Å². The average molecular weight is 293 g/mol. The molecule has 0 aromatic heterocycles. The van der Waals surface area contributed by atoms with E-state index in [2.05, 4.69) is 24.4 Å². The Balaban J connectivity index is -0.000000405. The van der Waals surface area contributed by atoms with Gasteiger partial charge >= 0.3 is 103 Å². The average Bonchev–Trinajstić information content (AvgIpc) is 1.79. The van der Waals surface area contributed by atoms with Crippen LogP contribution in [0.2, 0.25) is 0 Å². The second-order valence-electron chi connectivity index (χ2n) is 1.33. The fraction of sp³-hybridized carbons (Fsp3) is 0.500. The molecule has 0 saturated heterocycles. The predicted octanol–water partition coefficient (Wildman–Crippen LogP) is -0.357. The maximum atomic E-state index is 5.23. The van der Waals surface area contributed by atoms with Gasteiger partial charge in [-0.25, -0.2) is 0 Å². The van der Waals surface area contributed by atoms with Crippen LogP contribution >= 0.6 is 48.0 Å². The Kier molecular flexibility index (Phi) is 25.9. The van der Waals surface area contributed by atoms with Gasteiger partial charge in [-0.2, -0.15) is 0 Å². The summed E-state index contributed by atoms with van der Waals surface area (Å²) in [4.78, 5) is 0. The van der Waals surface area contributed by atoms with Gasteiger partial charge in [-0.15, -0.1) is 0 Å². The monoisotopic (exact) mass is 292 g/mol. The van der Waals surface area contributed by atoms with Gasteiger partial charge in [-0.3, -0.25) is 0 Å². The molecule has 0 aromatic rings. The summed E-state index contributed by atoms with van der Waals surface area (Å²) in [7, 11) is 0. The molecule has 62 valence electrons. The van der Waals surface area contributed by atoms with Crippen LogP contribution in [0, 0.1) is 0 Å². The molecule has 8 heteroatoms. The fourth-order valence-electron chi connectivity index (χ4n) is 0.285. The first-order valence-corrected chi connectivity index (χ1v) is 5.26. The molecule has 0 rings (SSSR count). The van der Waals surface area contributed by atoms with Gasteiger partial charge in [0.1, 0.15) is 8.64 Å². The van der Waals surface area contributed by atoms with E-state index >= 15 is 0 Å². The van der Waals surface area contributed by atoms with Crippen LogP contribution in [0.15, 0.2) is 0 Å². The molecule has 0 aliphatic carbocycles. The Bertz CT molecular complexity index is 127. The van der Waals surface area contributed by atoms with Crippen molar-refractivity contribution < 1.29 is 0 Å². The van der Waals surface area contributed by atoms with E-state index in [1.807, 2.05) is 0 Å². The van der Waals surface area contributed by atoms with Gasteiger partial charge in [0, 0.05) is 11.5 Å². The Labute approximate surface area is 177 Å². The van der Waals surface area contributed by atoms with Crippen molar-refractivity contribution in [2.24, 2.45) is 11.5 Å². The predicted molar refractivity (Wildman–Crippen MR) is 72.8 cm³/mol. The van der Waals surface area contributed by atoms with Crippen LogP contribution in [0.4, 0.5) is 0 Å². The summed E-state index contributed by atoms with van der Waals surface area (Å²) in [6.07, 6.45) is 0. The maximum absolute atomic E-state index is 5.23. The van der Waals surface area contributed by atoms with Gasteiger partial charge in [0.05, 0.1) is 0 Å². The molecule has 0 aliphatic heterocycles.